The van der Waals surface area contributed by atoms with E-state index in [1.807, 2.05) is 0 Å². The van der Waals surface area contributed by atoms with Crippen LogP contribution in [0.15, 0.2) is 0 Å². The number of aliphatic hydroxyl groups is 1. The summed E-state index contributed by atoms with van der Waals surface area (Å²) < 4.78 is 31.7. The molecule has 1 aromatic rings. The van der Waals surface area contributed by atoms with Gasteiger partial charge in [0.15, 0.2) is 11.6 Å². The highest BCUT2D eigenvalue weighted by Gasteiger charge is 2.38. The van der Waals surface area contributed by atoms with Crippen molar-refractivity contribution in [1.29, 1.82) is 0 Å². The van der Waals surface area contributed by atoms with E-state index in [1.54, 1.807) is 0 Å². The number of carboxylic acid groups (broad SMARTS) is 1. The van der Waals surface area contributed by atoms with Gasteiger partial charge in [-0.05, 0) is 0 Å². The summed E-state index contributed by atoms with van der Waals surface area (Å²) in [5.74, 6) is -1.75. The van der Waals surface area contributed by atoms with Crippen LogP contribution in [0, 0.1) is 0 Å². The Kier molecular flexibility index (Phi) is 4.97. The third-order valence-corrected chi connectivity index (χ3v) is 2.28. The minimum atomic E-state index is -5.08. The Balaban J connectivity index is 0.000000270. The number of hydrogen-bond donors (Lipinski definition) is 6. The van der Waals surface area contributed by atoms with Gasteiger partial charge in [-0.15, -0.1) is 0 Å². The fraction of sp³-hybridized carbons (Fsp3) is 0.444. The van der Waals surface area contributed by atoms with Crippen molar-refractivity contribution in [3.8, 4) is 0 Å². The van der Waals surface area contributed by atoms with E-state index in [-0.39, 0.29) is 24.4 Å². The van der Waals surface area contributed by atoms with Crippen LogP contribution >= 0.6 is 0 Å². The standard InChI is InChI=1S/C7H12N6O.C2HF3O2/c8-5-4-6(13-7(9)12-5)10-1-3(2-14)11-4;3-2(4,5)1(6)7/h3,11,14H,1-2H2,(H5,8,9,10,12,13);(H,6,7). The molecule has 1 aromatic heterocycles. The summed E-state index contributed by atoms with van der Waals surface area (Å²) in [4.78, 5) is 16.7. The van der Waals surface area contributed by atoms with Crippen molar-refractivity contribution in [2.75, 3.05) is 35.3 Å². The van der Waals surface area contributed by atoms with Crippen molar-refractivity contribution in [2.24, 2.45) is 0 Å². The zero-order chi connectivity index (χ0) is 16.2. The van der Waals surface area contributed by atoms with Gasteiger partial charge in [0.2, 0.25) is 5.95 Å². The highest BCUT2D eigenvalue weighted by atomic mass is 19.4. The fourth-order valence-electron chi connectivity index (χ4n) is 1.35. The average Bonchev–Trinajstić information content (AvgIpc) is 2.37. The van der Waals surface area contributed by atoms with Crippen molar-refractivity contribution in [3.05, 3.63) is 0 Å². The van der Waals surface area contributed by atoms with Gasteiger partial charge in [0.1, 0.15) is 5.69 Å². The number of aliphatic carboxylic acids is 1. The van der Waals surface area contributed by atoms with Crippen molar-refractivity contribution in [2.45, 2.75) is 12.2 Å². The Morgan fingerprint density at radius 2 is 1.95 bits per heavy atom. The summed E-state index contributed by atoms with van der Waals surface area (Å²) in [6, 6.07) is -0.0722. The van der Waals surface area contributed by atoms with Crippen molar-refractivity contribution >= 4 is 29.2 Å². The molecule has 1 atom stereocenters. The van der Waals surface area contributed by atoms with Crippen LogP contribution in [0.4, 0.5) is 36.4 Å². The van der Waals surface area contributed by atoms with Crippen LogP contribution in [0.25, 0.3) is 0 Å². The number of carboxylic acids is 1. The molecule has 0 aliphatic carbocycles. The first-order chi connectivity index (χ1) is 9.65. The van der Waals surface area contributed by atoms with Gasteiger partial charge in [-0.3, -0.25) is 0 Å². The zero-order valence-electron chi connectivity index (χ0n) is 10.5. The van der Waals surface area contributed by atoms with E-state index < -0.39 is 12.1 Å². The Morgan fingerprint density at radius 3 is 2.43 bits per heavy atom. The van der Waals surface area contributed by atoms with Crippen LogP contribution in [0.2, 0.25) is 0 Å². The fourth-order valence-corrected chi connectivity index (χ4v) is 1.35. The van der Waals surface area contributed by atoms with E-state index in [2.05, 4.69) is 20.6 Å². The average molecular weight is 310 g/mol. The summed E-state index contributed by atoms with van der Waals surface area (Å²) in [7, 11) is 0. The molecular weight excluding hydrogens is 297 g/mol. The summed E-state index contributed by atoms with van der Waals surface area (Å²) in [5.41, 5.74) is 11.7. The zero-order valence-corrected chi connectivity index (χ0v) is 10.5. The predicted molar refractivity (Wildman–Crippen MR) is 67.5 cm³/mol. The molecule has 0 saturated heterocycles. The van der Waals surface area contributed by atoms with E-state index >= 15 is 0 Å². The normalized spacial score (nSPS) is 16.7. The molecule has 0 aromatic carbocycles. The Morgan fingerprint density at radius 1 is 1.38 bits per heavy atom. The number of nitrogens with one attached hydrogen (secondary N) is 2. The minimum absolute atomic E-state index is 0.0241. The predicted octanol–water partition coefficient (Wildman–Crippen LogP) is -0.527. The first-order valence-corrected chi connectivity index (χ1v) is 5.49. The number of aromatic nitrogens is 2. The lowest BCUT2D eigenvalue weighted by atomic mass is 10.2. The molecule has 0 radical (unpaired) electrons. The number of hydrogen-bond acceptors (Lipinski definition) is 8. The molecule has 2 heterocycles. The molecule has 1 unspecified atom stereocenters. The number of nitrogens with zero attached hydrogens (tertiary/aromatic N) is 2. The summed E-state index contributed by atoms with van der Waals surface area (Å²) in [6.07, 6.45) is -5.08. The summed E-state index contributed by atoms with van der Waals surface area (Å²) in [5, 5.41) is 22.1. The lowest BCUT2D eigenvalue weighted by Gasteiger charge is -2.26. The van der Waals surface area contributed by atoms with Gasteiger partial charge < -0.3 is 32.3 Å². The molecule has 21 heavy (non-hydrogen) atoms. The quantitative estimate of drug-likeness (QED) is 0.401. The molecule has 0 spiro atoms. The number of nitrogen functional groups attached to an aromatic ring is 2. The van der Waals surface area contributed by atoms with Crippen LogP contribution in [0.3, 0.4) is 0 Å². The molecular formula is C9H13F3N6O3. The van der Waals surface area contributed by atoms with Crippen LogP contribution in [0.1, 0.15) is 0 Å². The second-order valence-electron chi connectivity index (χ2n) is 3.90. The second kappa shape index (κ2) is 6.30. The molecule has 0 saturated carbocycles. The number of halogens is 3. The number of fused-ring (bicyclic) bond motifs is 1. The molecule has 1 aliphatic rings. The second-order valence-corrected chi connectivity index (χ2v) is 3.90. The maximum atomic E-state index is 10.6. The van der Waals surface area contributed by atoms with Crippen LogP contribution in [-0.2, 0) is 4.79 Å². The molecule has 1 aliphatic heterocycles. The third kappa shape index (κ3) is 4.52. The van der Waals surface area contributed by atoms with Crippen molar-refractivity contribution in [1.82, 2.24) is 9.97 Å². The van der Waals surface area contributed by atoms with Gasteiger partial charge >= 0.3 is 12.1 Å². The van der Waals surface area contributed by atoms with Gasteiger partial charge in [-0.2, -0.15) is 23.1 Å². The molecule has 0 fully saturated rings. The molecule has 0 bridgehead atoms. The third-order valence-electron chi connectivity index (χ3n) is 2.28. The Hall–Kier alpha value is -2.50. The van der Waals surface area contributed by atoms with Crippen molar-refractivity contribution < 1.29 is 28.2 Å². The molecule has 118 valence electrons. The van der Waals surface area contributed by atoms with E-state index in [1.165, 1.54) is 0 Å². The number of aliphatic hydroxyl groups excluding tert-OH is 1. The topological polar surface area (TPSA) is 159 Å². The lowest BCUT2D eigenvalue weighted by Crippen LogP contribution is -2.37. The highest BCUT2D eigenvalue weighted by molar-refractivity contribution is 5.78. The van der Waals surface area contributed by atoms with Crippen LogP contribution < -0.4 is 22.1 Å². The maximum Gasteiger partial charge on any atom is 0.490 e. The van der Waals surface area contributed by atoms with Gasteiger partial charge in [0.25, 0.3) is 0 Å². The van der Waals surface area contributed by atoms with Gasteiger partial charge in [-0.1, -0.05) is 0 Å². The van der Waals surface area contributed by atoms with Crippen LogP contribution in [-0.4, -0.2) is 51.5 Å². The van der Waals surface area contributed by atoms with Gasteiger partial charge in [-0.25, -0.2) is 4.79 Å². The van der Waals surface area contributed by atoms with Gasteiger partial charge in [0, 0.05) is 6.54 Å². The van der Waals surface area contributed by atoms with Crippen molar-refractivity contribution in [3.63, 3.8) is 0 Å². The Bertz CT molecular complexity index is 524. The first kappa shape index (κ1) is 16.6. The van der Waals surface area contributed by atoms with E-state index in [9.17, 15) is 13.2 Å². The SMILES string of the molecule is Nc1nc(N)c2c(n1)NCC(CO)N2.O=C(O)C(F)(F)F. The monoisotopic (exact) mass is 310 g/mol. The number of alkyl halides is 3. The smallest absolute Gasteiger partial charge is 0.475 e. The highest BCUT2D eigenvalue weighted by Crippen LogP contribution is 2.29. The maximum absolute atomic E-state index is 10.6. The van der Waals surface area contributed by atoms with E-state index in [0.29, 0.717) is 18.1 Å². The summed E-state index contributed by atoms with van der Waals surface area (Å²) in [6.45, 7) is 0.607. The molecule has 9 nitrogen and oxygen atoms in total. The summed E-state index contributed by atoms with van der Waals surface area (Å²) >= 11 is 0. The van der Waals surface area contributed by atoms with Gasteiger partial charge in [0.05, 0.1) is 12.6 Å². The molecule has 2 rings (SSSR count). The number of carbonyl (C=O) groups is 1. The van der Waals surface area contributed by atoms with Crippen LogP contribution in [0.5, 0.6) is 0 Å². The Labute approximate surface area is 116 Å². The molecule has 8 N–H and O–H groups in total. The first-order valence-electron chi connectivity index (χ1n) is 5.49. The number of rotatable bonds is 1. The largest absolute Gasteiger partial charge is 0.490 e. The van der Waals surface area contributed by atoms with E-state index in [0.717, 1.165) is 0 Å². The minimum Gasteiger partial charge on any atom is -0.475 e. The molecule has 0 amide bonds. The molecule has 12 heteroatoms. The lowest BCUT2D eigenvalue weighted by molar-refractivity contribution is -0.192. The number of anilines is 4. The number of nitrogens with two attached hydrogens (primary N) is 2. The van der Waals surface area contributed by atoms with E-state index in [4.69, 9.17) is 26.5 Å².